The van der Waals surface area contributed by atoms with Crippen LogP contribution in [0.2, 0.25) is 0 Å². The van der Waals surface area contributed by atoms with E-state index in [9.17, 15) is 9.59 Å². The average Bonchev–Trinajstić information content (AvgIpc) is 2.43. The number of amides is 2. The molecule has 122 valence electrons. The van der Waals surface area contributed by atoms with E-state index in [-0.39, 0.29) is 17.9 Å². The molecule has 1 aliphatic heterocycles. The summed E-state index contributed by atoms with van der Waals surface area (Å²) in [6.45, 7) is 10.8. The molecule has 0 radical (unpaired) electrons. The number of hydrogen-bond acceptors (Lipinski definition) is 2. The minimum atomic E-state index is -0.721. The summed E-state index contributed by atoms with van der Waals surface area (Å²) in [5, 5.41) is 2.86. The van der Waals surface area contributed by atoms with Crippen molar-refractivity contribution in [2.24, 2.45) is 5.92 Å². The minimum absolute atomic E-state index is 0.0289. The molecular formula is C17H32N2O2. The van der Waals surface area contributed by atoms with Crippen molar-refractivity contribution in [1.29, 1.82) is 0 Å². The van der Waals surface area contributed by atoms with Crippen molar-refractivity contribution in [1.82, 2.24) is 10.2 Å². The predicted octanol–water partition coefficient (Wildman–Crippen LogP) is 3.11. The first-order chi connectivity index (χ1) is 9.81. The van der Waals surface area contributed by atoms with E-state index in [0.29, 0.717) is 13.0 Å². The van der Waals surface area contributed by atoms with E-state index in [4.69, 9.17) is 0 Å². The van der Waals surface area contributed by atoms with Crippen molar-refractivity contribution in [2.45, 2.75) is 84.7 Å². The molecular weight excluding hydrogens is 264 g/mol. The summed E-state index contributed by atoms with van der Waals surface area (Å²) in [4.78, 5) is 26.4. The molecule has 0 spiro atoms. The lowest BCUT2D eigenvalue weighted by atomic mass is 9.92. The fourth-order valence-corrected chi connectivity index (χ4v) is 2.79. The van der Waals surface area contributed by atoms with Crippen LogP contribution in [0.5, 0.6) is 0 Å². The Hall–Kier alpha value is -1.06. The van der Waals surface area contributed by atoms with Gasteiger partial charge in [0.2, 0.25) is 11.8 Å². The van der Waals surface area contributed by atoms with E-state index in [2.05, 4.69) is 19.2 Å². The molecule has 4 heteroatoms. The SMILES string of the molecule is CCC1(C)NC(=O)C(C)N(CCCCCCC(C)C)C1=O. The van der Waals surface area contributed by atoms with E-state index >= 15 is 0 Å². The Labute approximate surface area is 129 Å². The molecule has 0 aromatic rings. The molecule has 0 bridgehead atoms. The van der Waals surface area contributed by atoms with Crippen molar-refractivity contribution < 1.29 is 9.59 Å². The largest absolute Gasteiger partial charge is 0.340 e. The second-order valence-corrected chi connectivity index (χ2v) is 6.95. The van der Waals surface area contributed by atoms with Gasteiger partial charge in [-0.15, -0.1) is 0 Å². The number of carbonyl (C=O) groups is 2. The molecule has 0 aromatic carbocycles. The van der Waals surface area contributed by atoms with E-state index in [1.54, 1.807) is 4.90 Å². The first-order valence-electron chi connectivity index (χ1n) is 8.45. The molecule has 1 saturated heterocycles. The average molecular weight is 296 g/mol. The Morgan fingerprint density at radius 1 is 1.19 bits per heavy atom. The maximum atomic E-state index is 12.6. The molecule has 1 fully saturated rings. The van der Waals surface area contributed by atoms with Crippen molar-refractivity contribution >= 4 is 11.8 Å². The summed E-state index contributed by atoms with van der Waals surface area (Å²) in [6, 6.07) is -0.340. The van der Waals surface area contributed by atoms with Gasteiger partial charge in [0.15, 0.2) is 0 Å². The molecule has 1 N–H and O–H groups in total. The van der Waals surface area contributed by atoms with Gasteiger partial charge in [0.1, 0.15) is 11.6 Å². The predicted molar refractivity (Wildman–Crippen MR) is 85.9 cm³/mol. The molecule has 4 nitrogen and oxygen atoms in total. The van der Waals surface area contributed by atoms with E-state index < -0.39 is 5.54 Å². The normalized spacial score (nSPS) is 26.4. The lowest BCUT2D eigenvalue weighted by Gasteiger charge is -2.43. The lowest BCUT2D eigenvalue weighted by molar-refractivity contribution is -0.153. The van der Waals surface area contributed by atoms with Crippen LogP contribution in [0, 0.1) is 5.92 Å². The summed E-state index contributed by atoms with van der Waals surface area (Å²) in [6.07, 6.45) is 6.50. The second kappa shape index (κ2) is 7.81. The van der Waals surface area contributed by atoms with Crippen LogP contribution < -0.4 is 5.32 Å². The van der Waals surface area contributed by atoms with Gasteiger partial charge in [-0.25, -0.2) is 0 Å². The van der Waals surface area contributed by atoms with Gasteiger partial charge in [-0.05, 0) is 32.6 Å². The fraction of sp³-hybridized carbons (Fsp3) is 0.882. The molecule has 2 atom stereocenters. The Morgan fingerprint density at radius 2 is 1.81 bits per heavy atom. The van der Waals surface area contributed by atoms with Crippen LogP contribution in [-0.2, 0) is 9.59 Å². The van der Waals surface area contributed by atoms with Crippen LogP contribution >= 0.6 is 0 Å². The van der Waals surface area contributed by atoms with Crippen molar-refractivity contribution in [3.63, 3.8) is 0 Å². The first-order valence-corrected chi connectivity index (χ1v) is 8.45. The third-order valence-electron chi connectivity index (χ3n) is 4.62. The fourth-order valence-electron chi connectivity index (χ4n) is 2.79. The topological polar surface area (TPSA) is 49.4 Å². The van der Waals surface area contributed by atoms with Crippen LogP contribution in [-0.4, -0.2) is 34.8 Å². The van der Waals surface area contributed by atoms with Crippen LogP contribution in [0.1, 0.15) is 73.1 Å². The molecule has 2 unspecified atom stereocenters. The van der Waals surface area contributed by atoms with Gasteiger partial charge in [0.05, 0.1) is 0 Å². The highest BCUT2D eigenvalue weighted by Crippen LogP contribution is 2.22. The number of nitrogens with zero attached hydrogens (tertiary/aromatic N) is 1. The molecule has 1 aliphatic rings. The maximum Gasteiger partial charge on any atom is 0.248 e. The van der Waals surface area contributed by atoms with Crippen LogP contribution in [0.4, 0.5) is 0 Å². The molecule has 1 heterocycles. The second-order valence-electron chi connectivity index (χ2n) is 6.95. The highest BCUT2D eigenvalue weighted by atomic mass is 16.2. The van der Waals surface area contributed by atoms with Gasteiger partial charge in [-0.1, -0.05) is 46.5 Å². The third-order valence-corrected chi connectivity index (χ3v) is 4.62. The Balaban J connectivity index is 2.44. The van der Waals surface area contributed by atoms with Gasteiger partial charge in [-0.2, -0.15) is 0 Å². The Bertz CT molecular complexity index is 368. The number of rotatable bonds is 8. The summed E-state index contributed by atoms with van der Waals surface area (Å²) in [5.74, 6) is 0.806. The highest BCUT2D eigenvalue weighted by Gasteiger charge is 2.44. The molecule has 0 aliphatic carbocycles. The summed E-state index contributed by atoms with van der Waals surface area (Å²) in [7, 11) is 0. The van der Waals surface area contributed by atoms with E-state index in [1.165, 1.54) is 19.3 Å². The zero-order valence-corrected chi connectivity index (χ0v) is 14.4. The van der Waals surface area contributed by atoms with Gasteiger partial charge in [-0.3, -0.25) is 9.59 Å². The van der Waals surface area contributed by atoms with Crippen molar-refractivity contribution in [2.75, 3.05) is 6.54 Å². The van der Waals surface area contributed by atoms with Gasteiger partial charge in [0, 0.05) is 6.54 Å². The summed E-state index contributed by atoms with van der Waals surface area (Å²) in [5.41, 5.74) is -0.721. The standard InChI is InChI=1S/C17H32N2O2/c1-6-17(5)16(21)19(14(4)15(20)18-17)12-10-8-7-9-11-13(2)3/h13-14H,6-12H2,1-5H3,(H,18,20). The Morgan fingerprint density at radius 3 is 2.38 bits per heavy atom. The molecule has 0 aromatic heterocycles. The number of carbonyl (C=O) groups excluding carboxylic acids is 2. The first kappa shape index (κ1) is 18.0. The van der Waals surface area contributed by atoms with E-state index in [0.717, 1.165) is 18.8 Å². The number of hydrogen-bond donors (Lipinski definition) is 1. The molecule has 2 amide bonds. The molecule has 1 rings (SSSR count). The van der Waals surface area contributed by atoms with E-state index in [1.807, 2.05) is 20.8 Å². The summed E-state index contributed by atoms with van der Waals surface area (Å²) >= 11 is 0. The number of nitrogens with one attached hydrogen (secondary N) is 1. The summed E-state index contributed by atoms with van der Waals surface area (Å²) < 4.78 is 0. The molecule has 21 heavy (non-hydrogen) atoms. The number of piperazine rings is 1. The minimum Gasteiger partial charge on any atom is -0.340 e. The third kappa shape index (κ3) is 4.72. The lowest BCUT2D eigenvalue weighted by Crippen LogP contribution is -2.68. The van der Waals surface area contributed by atoms with Gasteiger partial charge in [0.25, 0.3) is 0 Å². The zero-order valence-electron chi connectivity index (χ0n) is 14.4. The van der Waals surface area contributed by atoms with Crippen LogP contribution in [0.15, 0.2) is 0 Å². The quantitative estimate of drug-likeness (QED) is 0.700. The smallest absolute Gasteiger partial charge is 0.248 e. The van der Waals surface area contributed by atoms with Crippen molar-refractivity contribution in [3.8, 4) is 0 Å². The van der Waals surface area contributed by atoms with Gasteiger partial charge >= 0.3 is 0 Å². The van der Waals surface area contributed by atoms with Crippen LogP contribution in [0.25, 0.3) is 0 Å². The van der Waals surface area contributed by atoms with Crippen LogP contribution in [0.3, 0.4) is 0 Å². The monoisotopic (exact) mass is 296 g/mol. The zero-order chi connectivity index (χ0) is 16.0. The number of unbranched alkanes of at least 4 members (excludes halogenated alkanes) is 3. The Kier molecular flexibility index (Phi) is 6.69. The van der Waals surface area contributed by atoms with Crippen molar-refractivity contribution in [3.05, 3.63) is 0 Å². The maximum absolute atomic E-state index is 12.6. The molecule has 0 saturated carbocycles. The highest BCUT2D eigenvalue weighted by molar-refractivity contribution is 5.99. The van der Waals surface area contributed by atoms with Gasteiger partial charge < -0.3 is 10.2 Å².